The average molecular weight is 356 g/mol. The van der Waals surface area contributed by atoms with Gasteiger partial charge in [-0.2, -0.15) is 0 Å². The van der Waals surface area contributed by atoms with Gasteiger partial charge in [0.05, 0.1) is 10.6 Å². The summed E-state index contributed by atoms with van der Waals surface area (Å²) < 4.78 is 0. The fourth-order valence-electron chi connectivity index (χ4n) is 1.90. The van der Waals surface area contributed by atoms with Gasteiger partial charge in [-0.3, -0.25) is 10.1 Å². The molecule has 0 atom stereocenters. The number of aryl methyl sites for hydroxylation is 1. The highest BCUT2D eigenvalue weighted by molar-refractivity contribution is 7.99. The summed E-state index contributed by atoms with van der Waals surface area (Å²) in [4.78, 5) is 24.4. The van der Waals surface area contributed by atoms with Crippen molar-refractivity contribution in [1.29, 1.82) is 0 Å². The first kappa shape index (κ1) is 16.3. The van der Waals surface area contributed by atoms with Crippen molar-refractivity contribution in [2.75, 3.05) is 0 Å². The van der Waals surface area contributed by atoms with Crippen LogP contribution in [0.4, 0.5) is 5.69 Å². The van der Waals surface area contributed by atoms with E-state index in [1.165, 1.54) is 28.8 Å². The second-order valence-electron chi connectivity index (χ2n) is 4.75. The molecule has 0 spiro atoms. The van der Waals surface area contributed by atoms with E-state index in [-0.39, 0.29) is 10.7 Å². The van der Waals surface area contributed by atoms with E-state index in [2.05, 4.69) is 27.9 Å². The van der Waals surface area contributed by atoms with Gasteiger partial charge in [0, 0.05) is 23.3 Å². The Morgan fingerprint density at radius 1 is 1.21 bits per heavy atom. The van der Waals surface area contributed by atoms with Gasteiger partial charge in [0.2, 0.25) is 0 Å². The molecule has 0 saturated heterocycles. The van der Waals surface area contributed by atoms with Crippen LogP contribution in [-0.2, 0) is 0 Å². The standard InChI is InChI=1S/C16H12N4O2S2/c1-11-7-10-23-14(11)5-4-12-6-9-18-16(19-12)24-15-13(20(21)22)3-2-8-17-15/h2-10H,1H3/b5-4+. The predicted molar refractivity (Wildman–Crippen MR) is 95.0 cm³/mol. The topological polar surface area (TPSA) is 81.8 Å². The number of hydrogen-bond acceptors (Lipinski definition) is 7. The van der Waals surface area contributed by atoms with Gasteiger partial charge in [-0.15, -0.1) is 11.3 Å². The Bertz CT molecular complexity index is 908. The minimum atomic E-state index is -0.460. The van der Waals surface area contributed by atoms with E-state index in [1.54, 1.807) is 23.6 Å². The highest BCUT2D eigenvalue weighted by atomic mass is 32.2. The van der Waals surface area contributed by atoms with Crippen molar-refractivity contribution in [3.63, 3.8) is 0 Å². The average Bonchev–Trinajstić information content (AvgIpc) is 2.99. The molecule has 0 radical (unpaired) electrons. The Morgan fingerprint density at radius 2 is 2.08 bits per heavy atom. The number of pyridine rings is 1. The molecule has 6 nitrogen and oxygen atoms in total. The molecule has 0 fully saturated rings. The maximum Gasteiger partial charge on any atom is 0.301 e. The van der Waals surface area contributed by atoms with Crippen molar-refractivity contribution >= 4 is 40.9 Å². The zero-order chi connectivity index (χ0) is 16.9. The minimum absolute atomic E-state index is 0.0544. The Kier molecular flexibility index (Phi) is 4.97. The van der Waals surface area contributed by atoms with Crippen molar-refractivity contribution in [2.24, 2.45) is 0 Å². The van der Waals surface area contributed by atoms with Crippen LogP contribution in [0.1, 0.15) is 16.1 Å². The van der Waals surface area contributed by atoms with Crippen molar-refractivity contribution < 1.29 is 4.92 Å². The lowest BCUT2D eigenvalue weighted by atomic mass is 10.2. The summed E-state index contributed by atoms with van der Waals surface area (Å²) in [5, 5.41) is 13.8. The van der Waals surface area contributed by atoms with E-state index in [9.17, 15) is 10.1 Å². The normalized spacial score (nSPS) is 11.0. The third kappa shape index (κ3) is 3.84. The zero-order valence-corrected chi connectivity index (χ0v) is 14.3. The van der Waals surface area contributed by atoms with Crippen LogP contribution in [-0.4, -0.2) is 19.9 Å². The van der Waals surface area contributed by atoms with Crippen LogP contribution in [0.5, 0.6) is 0 Å². The Morgan fingerprint density at radius 3 is 2.83 bits per heavy atom. The van der Waals surface area contributed by atoms with Crippen LogP contribution in [0.15, 0.2) is 52.2 Å². The summed E-state index contributed by atoms with van der Waals surface area (Å²) in [6.07, 6.45) is 7.04. The molecule has 0 saturated carbocycles. The van der Waals surface area contributed by atoms with Crippen LogP contribution < -0.4 is 0 Å². The van der Waals surface area contributed by atoms with E-state index in [0.717, 1.165) is 17.5 Å². The maximum atomic E-state index is 11.0. The maximum absolute atomic E-state index is 11.0. The molecule has 120 valence electrons. The summed E-state index contributed by atoms with van der Waals surface area (Å²) >= 11 is 2.74. The first-order valence-electron chi connectivity index (χ1n) is 6.96. The smallest absolute Gasteiger partial charge is 0.258 e. The molecule has 0 aliphatic heterocycles. The Labute approximate surface area is 146 Å². The second kappa shape index (κ2) is 7.33. The lowest BCUT2D eigenvalue weighted by Crippen LogP contribution is -1.94. The van der Waals surface area contributed by atoms with Crippen molar-refractivity contribution in [3.8, 4) is 0 Å². The number of nitro groups is 1. The summed E-state index contributed by atoms with van der Waals surface area (Å²) in [5.41, 5.74) is 1.89. The quantitative estimate of drug-likeness (QED) is 0.381. The van der Waals surface area contributed by atoms with Gasteiger partial charge in [0.25, 0.3) is 0 Å². The SMILES string of the molecule is Cc1ccsc1/C=C/c1ccnc(Sc2ncccc2[N+](=O)[O-])n1. The molecule has 3 heterocycles. The molecule has 0 bridgehead atoms. The molecule has 0 aromatic carbocycles. The Balaban J connectivity index is 1.83. The monoisotopic (exact) mass is 356 g/mol. The number of rotatable bonds is 5. The van der Waals surface area contributed by atoms with Gasteiger partial charge in [-0.25, -0.2) is 15.0 Å². The van der Waals surface area contributed by atoms with E-state index in [1.807, 2.05) is 17.5 Å². The highest BCUT2D eigenvalue weighted by Crippen LogP contribution is 2.30. The zero-order valence-electron chi connectivity index (χ0n) is 12.6. The minimum Gasteiger partial charge on any atom is -0.258 e. The van der Waals surface area contributed by atoms with Gasteiger partial charge in [0.1, 0.15) is 0 Å². The van der Waals surface area contributed by atoms with Crippen LogP contribution >= 0.6 is 23.1 Å². The highest BCUT2D eigenvalue weighted by Gasteiger charge is 2.16. The van der Waals surface area contributed by atoms with E-state index in [4.69, 9.17) is 0 Å². The van der Waals surface area contributed by atoms with Gasteiger partial charge >= 0.3 is 5.69 Å². The molecular weight excluding hydrogens is 344 g/mol. The molecule has 3 rings (SSSR count). The van der Waals surface area contributed by atoms with Crippen LogP contribution in [0.25, 0.3) is 12.2 Å². The molecule has 3 aromatic heterocycles. The van der Waals surface area contributed by atoms with Crippen LogP contribution in [0, 0.1) is 17.0 Å². The number of thiophene rings is 1. The van der Waals surface area contributed by atoms with E-state index >= 15 is 0 Å². The molecule has 24 heavy (non-hydrogen) atoms. The first-order valence-corrected chi connectivity index (χ1v) is 8.65. The number of hydrogen-bond donors (Lipinski definition) is 0. The molecule has 0 amide bonds. The van der Waals surface area contributed by atoms with E-state index < -0.39 is 4.92 Å². The molecule has 8 heteroatoms. The number of aromatic nitrogens is 3. The number of nitrogens with zero attached hydrogens (tertiary/aromatic N) is 4. The predicted octanol–water partition coefficient (Wildman–Crippen LogP) is 4.47. The van der Waals surface area contributed by atoms with Gasteiger partial charge < -0.3 is 0 Å². The van der Waals surface area contributed by atoms with Crippen LogP contribution in [0.3, 0.4) is 0 Å². The fourth-order valence-corrected chi connectivity index (χ4v) is 3.52. The second-order valence-corrected chi connectivity index (χ2v) is 6.66. The lowest BCUT2D eigenvalue weighted by Gasteiger charge is -2.01. The molecule has 0 aliphatic rings. The summed E-state index contributed by atoms with van der Waals surface area (Å²) in [6, 6.07) is 6.80. The molecule has 0 aliphatic carbocycles. The fraction of sp³-hybridized carbons (Fsp3) is 0.0625. The van der Waals surface area contributed by atoms with Crippen molar-refractivity contribution in [2.45, 2.75) is 17.1 Å². The molecular formula is C16H12N4O2S2. The molecule has 3 aromatic rings. The van der Waals surface area contributed by atoms with Crippen molar-refractivity contribution in [3.05, 3.63) is 68.3 Å². The summed E-state index contributed by atoms with van der Waals surface area (Å²) in [7, 11) is 0. The van der Waals surface area contributed by atoms with Gasteiger partial charge in [0.15, 0.2) is 10.2 Å². The van der Waals surface area contributed by atoms with Gasteiger partial charge in [-0.1, -0.05) is 0 Å². The first-order chi connectivity index (χ1) is 11.6. The third-order valence-corrected chi connectivity index (χ3v) is 4.97. The van der Waals surface area contributed by atoms with E-state index in [0.29, 0.717) is 5.16 Å². The van der Waals surface area contributed by atoms with Crippen LogP contribution in [0.2, 0.25) is 0 Å². The third-order valence-electron chi connectivity index (χ3n) is 3.10. The largest absolute Gasteiger partial charge is 0.301 e. The summed E-state index contributed by atoms with van der Waals surface area (Å²) in [6.45, 7) is 2.05. The summed E-state index contributed by atoms with van der Waals surface area (Å²) in [5.74, 6) is 0. The molecule has 0 N–H and O–H groups in total. The van der Waals surface area contributed by atoms with Gasteiger partial charge in [-0.05, 0) is 60.0 Å². The lowest BCUT2D eigenvalue weighted by molar-refractivity contribution is -0.388. The van der Waals surface area contributed by atoms with Crippen molar-refractivity contribution in [1.82, 2.24) is 15.0 Å². The Hall–Kier alpha value is -2.58. The molecule has 0 unspecified atom stereocenters.